The van der Waals surface area contributed by atoms with Gasteiger partial charge < -0.3 is 10.2 Å². The molecule has 0 bridgehead atoms. The van der Waals surface area contributed by atoms with Crippen LogP contribution in [0.5, 0.6) is 0 Å². The molecule has 3 nitrogen and oxygen atoms in total. The molecule has 0 saturated carbocycles. The highest BCUT2D eigenvalue weighted by Gasteiger charge is 2.06. The van der Waals surface area contributed by atoms with E-state index in [1.165, 1.54) is 11.3 Å². The molecule has 1 heterocycles. The summed E-state index contributed by atoms with van der Waals surface area (Å²) < 4.78 is 0. The fourth-order valence-electron chi connectivity index (χ4n) is 1.78. The molecule has 0 unspecified atom stereocenters. The lowest BCUT2D eigenvalue weighted by atomic mass is 10.2. The summed E-state index contributed by atoms with van der Waals surface area (Å²) in [5.74, 6) is 2.22. The van der Waals surface area contributed by atoms with E-state index in [1.807, 2.05) is 11.8 Å². The third-order valence-electron chi connectivity index (χ3n) is 3.02. The van der Waals surface area contributed by atoms with Crippen LogP contribution in [0.4, 0.5) is 5.82 Å². The van der Waals surface area contributed by atoms with Gasteiger partial charge in [-0.1, -0.05) is 20.8 Å². The zero-order chi connectivity index (χ0) is 14.3. The number of nitrogens with one attached hydrogen (secondary N) is 1. The van der Waals surface area contributed by atoms with Crippen LogP contribution >= 0.6 is 11.8 Å². The Morgan fingerprint density at radius 3 is 2.68 bits per heavy atom. The summed E-state index contributed by atoms with van der Waals surface area (Å²) in [6.07, 6.45) is 3.13. The molecule has 0 aliphatic rings. The van der Waals surface area contributed by atoms with Gasteiger partial charge in [0.25, 0.3) is 0 Å². The maximum atomic E-state index is 4.72. The topological polar surface area (TPSA) is 28.2 Å². The Labute approximate surface area is 122 Å². The van der Waals surface area contributed by atoms with Crippen LogP contribution < -0.4 is 10.2 Å². The van der Waals surface area contributed by atoms with Crippen molar-refractivity contribution in [3.63, 3.8) is 0 Å². The van der Waals surface area contributed by atoms with Crippen LogP contribution in [-0.4, -0.2) is 36.6 Å². The molecule has 0 saturated heterocycles. The molecule has 19 heavy (non-hydrogen) atoms. The van der Waals surface area contributed by atoms with Gasteiger partial charge in [-0.15, -0.1) is 0 Å². The van der Waals surface area contributed by atoms with E-state index in [0.717, 1.165) is 31.1 Å². The summed E-state index contributed by atoms with van der Waals surface area (Å²) in [5, 5.41) is 3.47. The van der Waals surface area contributed by atoms with Gasteiger partial charge in [-0.25, -0.2) is 4.98 Å². The predicted molar refractivity (Wildman–Crippen MR) is 87.2 cm³/mol. The summed E-state index contributed by atoms with van der Waals surface area (Å²) in [4.78, 5) is 6.97. The van der Waals surface area contributed by atoms with Crippen LogP contribution in [0.1, 0.15) is 32.0 Å². The normalized spacial score (nSPS) is 11.1. The van der Waals surface area contributed by atoms with Crippen LogP contribution in [0.25, 0.3) is 0 Å². The number of hydrogen-bond donors (Lipinski definition) is 1. The molecule has 0 atom stereocenters. The summed E-state index contributed by atoms with van der Waals surface area (Å²) in [5.41, 5.74) is 2.50. The van der Waals surface area contributed by atoms with Crippen LogP contribution in [0.15, 0.2) is 12.1 Å². The largest absolute Gasteiger partial charge is 0.359 e. The molecule has 0 fully saturated rings. The van der Waals surface area contributed by atoms with Gasteiger partial charge in [0.05, 0.1) is 0 Å². The van der Waals surface area contributed by atoms with Crippen molar-refractivity contribution in [3.8, 4) is 0 Å². The fraction of sp³-hybridized carbons (Fsp3) is 0.667. The summed E-state index contributed by atoms with van der Waals surface area (Å²) >= 11 is 1.87. The van der Waals surface area contributed by atoms with Crippen LogP contribution in [0.2, 0.25) is 0 Å². The number of hydrogen-bond acceptors (Lipinski definition) is 4. The second kappa shape index (κ2) is 8.43. The molecule has 0 aromatic carbocycles. The van der Waals surface area contributed by atoms with Gasteiger partial charge >= 0.3 is 0 Å². The lowest BCUT2D eigenvalue weighted by molar-refractivity contribution is 0.588. The Morgan fingerprint density at radius 2 is 2.11 bits per heavy atom. The third kappa shape index (κ3) is 5.83. The quantitative estimate of drug-likeness (QED) is 0.793. The maximum absolute atomic E-state index is 4.72. The van der Waals surface area contributed by atoms with Crippen LogP contribution in [0, 0.1) is 0 Å². The van der Waals surface area contributed by atoms with Crippen LogP contribution in [-0.2, 0) is 13.0 Å². The standard InChI is InChI=1S/C15H27N3S/c1-6-14-9-13(11-16-12(2)3)10-15(17-14)18(4)7-8-19-5/h9-10,12,16H,6-8,11H2,1-5H3. The summed E-state index contributed by atoms with van der Waals surface area (Å²) in [6.45, 7) is 8.46. The Balaban J connectivity index is 2.82. The molecule has 0 radical (unpaired) electrons. The second-order valence-corrected chi connectivity index (χ2v) is 6.11. The number of nitrogens with zero attached hydrogens (tertiary/aromatic N) is 2. The van der Waals surface area contributed by atoms with Crippen molar-refractivity contribution >= 4 is 17.6 Å². The lowest BCUT2D eigenvalue weighted by Crippen LogP contribution is -2.24. The predicted octanol–water partition coefficient (Wildman–Crippen LogP) is 2.94. The highest BCUT2D eigenvalue weighted by molar-refractivity contribution is 7.98. The average molecular weight is 281 g/mol. The van der Waals surface area contributed by atoms with Gasteiger partial charge in [0.2, 0.25) is 0 Å². The highest BCUT2D eigenvalue weighted by atomic mass is 32.2. The van der Waals surface area contributed by atoms with Crippen molar-refractivity contribution in [2.75, 3.05) is 30.5 Å². The van der Waals surface area contributed by atoms with Crippen molar-refractivity contribution in [3.05, 3.63) is 23.4 Å². The molecule has 0 spiro atoms. The molecule has 1 aromatic heterocycles. The fourth-order valence-corrected chi connectivity index (χ4v) is 2.23. The van der Waals surface area contributed by atoms with E-state index < -0.39 is 0 Å². The van der Waals surface area contributed by atoms with E-state index in [4.69, 9.17) is 4.98 Å². The van der Waals surface area contributed by atoms with E-state index in [2.05, 4.69) is 56.4 Å². The van der Waals surface area contributed by atoms with E-state index in [1.54, 1.807) is 0 Å². The van der Waals surface area contributed by atoms with Gasteiger partial charge in [-0.05, 0) is 30.4 Å². The average Bonchev–Trinajstić information content (AvgIpc) is 2.42. The van der Waals surface area contributed by atoms with E-state index in [0.29, 0.717) is 6.04 Å². The molecular formula is C15H27N3S. The minimum Gasteiger partial charge on any atom is -0.359 e. The SMILES string of the molecule is CCc1cc(CNC(C)C)cc(N(C)CCSC)n1. The molecule has 0 aliphatic carbocycles. The van der Waals surface area contributed by atoms with Crippen molar-refractivity contribution < 1.29 is 0 Å². The lowest BCUT2D eigenvalue weighted by Gasteiger charge is -2.20. The van der Waals surface area contributed by atoms with Crippen molar-refractivity contribution in [2.24, 2.45) is 0 Å². The number of aryl methyl sites for hydroxylation is 1. The smallest absolute Gasteiger partial charge is 0.128 e. The molecular weight excluding hydrogens is 254 g/mol. The molecule has 4 heteroatoms. The highest BCUT2D eigenvalue weighted by Crippen LogP contribution is 2.15. The third-order valence-corrected chi connectivity index (χ3v) is 3.61. The Bertz CT molecular complexity index is 380. The van der Waals surface area contributed by atoms with E-state index in [9.17, 15) is 0 Å². The van der Waals surface area contributed by atoms with Gasteiger partial charge in [0.1, 0.15) is 5.82 Å². The number of anilines is 1. The summed E-state index contributed by atoms with van der Waals surface area (Å²) in [6, 6.07) is 4.92. The zero-order valence-electron chi connectivity index (χ0n) is 12.9. The molecule has 1 rings (SSSR count). The van der Waals surface area contributed by atoms with Crippen molar-refractivity contribution in [2.45, 2.75) is 39.8 Å². The van der Waals surface area contributed by atoms with E-state index in [-0.39, 0.29) is 0 Å². The Hall–Kier alpha value is -0.740. The van der Waals surface area contributed by atoms with Gasteiger partial charge in [-0.3, -0.25) is 0 Å². The molecule has 108 valence electrons. The van der Waals surface area contributed by atoms with Gasteiger partial charge in [-0.2, -0.15) is 11.8 Å². The van der Waals surface area contributed by atoms with E-state index >= 15 is 0 Å². The number of rotatable bonds is 8. The molecule has 1 N–H and O–H groups in total. The first-order chi connectivity index (χ1) is 9.06. The summed E-state index contributed by atoms with van der Waals surface area (Å²) in [7, 11) is 2.12. The van der Waals surface area contributed by atoms with Crippen molar-refractivity contribution in [1.29, 1.82) is 0 Å². The Kier molecular flexibility index (Phi) is 7.24. The monoisotopic (exact) mass is 281 g/mol. The first kappa shape index (κ1) is 16.3. The number of aromatic nitrogens is 1. The molecule has 0 aliphatic heterocycles. The van der Waals surface area contributed by atoms with Crippen LogP contribution in [0.3, 0.4) is 0 Å². The molecule has 0 amide bonds. The second-order valence-electron chi connectivity index (χ2n) is 5.13. The zero-order valence-corrected chi connectivity index (χ0v) is 13.7. The van der Waals surface area contributed by atoms with Crippen molar-refractivity contribution in [1.82, 2.24) is 10.3 Å². The first-order valence-corrected chi connectivity index (χ1v) is 8.39. The Morgan fingerprint density at radius 1 is 1.37 bits per heavy atom. The molecule has 1 aromatic rings. The number of thioether (sulfide) groups is 1. The minimum atomic E-state index is 0.510. The van der Waals surface area contributed by atoms with Gasteiger partial charge in [0, 0.05) is 37.6 Å². The first-order valence-electron chi connectivity index (χ1n) is 7.00. The number of pyridine rings is 1. The van der Waals surface area contributed by atoms with Gasteiger partial charge in [0.15, 0.2) is 0 Å². The maximum Gasteiger partial charge on any atom is 0.128 e. The minimum absolute atomic E-state index is 0.510.